The van der Waals surface area contributed by atoms with Gasteiger partial charge < -0.3 is 9.84 Å². The Morgan fingerprint density at radius 1 is 1.00 bits per heavy atom. The third kappa shape index (κ3) is 19.1. The van der Waals surface area contributed by atoms with Gasteiger partial charge in [-0.3, -0.25) is 9.79 Å². The Morgan fingerprint density at radius 2 is 1.56 bits per heavy atom. The largest absolute Gasteiger partial charge is 0.507 e. The number of hydrogen-bond donors (Lipinski definition) is 1. The van der Waals surface area contributed by atoms with Gasteiger partial charge >= 0.3 is 0 Å². The lowest BCUT2D eigenvalue weighted by Crippen LogP contribution is -2.00. The number of benzene rings is 2. The number of carbonyl (C=O) groups is 1. The van der Waals surface area contributed by atoms with Crippen LogP contribution in [-0.2, 0) is 9.53 Å². The normalized spacial score (nSPS) is 12.0. The van der Waals surface area contributed by atoms with E-state index in [0.29, 0.717) is 11.1 Å². The van der Waals surface area contributed by atoms with Crippen molar-refractivity contribution in [2.24, 2.45) is 4.99 Å². The number of Topliss-reactive ketones (excluding diaryl/α,β-unsaturated/α-hetero) is 1. The molecule has 2 rings (SSSR count). The first-order valence-electron chi connectivity index (χ1n) is 15.7. The summed E-state index contributed by atoms with van der Waals surface area (Å²) in [6, 6.07) is 13.7. The molecule has 0 spiro atoms. The average Bonchev–Trinajstić information content (AvgIpc) is 2.98. The highest BCUT2D eigenvalue weighted by atomic mass is 16.5. The molecule has 1 N–H and O–H groups in total. The summed E-state index contributed by atoms with van der Waals surface area (Å²) in [4.78, 5) is 16.2. The minimum absolute atomic E-state index is 0.0318. The second-order valence-corrected chi connectivity index (χ2v) is 10.9. The molecule has 2 aromatic carbocycles. The van der Waals surface area contributed by atoms with E-state index in [1.807, 2.05) is 46.8 Å². The van der Waals surface area contributed by atoms with Crippen LogP contribution in [0.5, 0.6) is 5.75 Å². The van der Waals surface area contributed by atoms with Gasteiger partial charge in [-0.1, -0.05) is 99.5 Å². The van der Waals surface area contributed by atoms with Crippen LogP contribution in [0.1, 0.15) is 110 Å². The van der Waals surface area contributed by atoms with Gasteiger partial charge in [-0.05, 0) is 102 Å². The summed E-state index contributed by atoms with van der Waals surface area (Å²) in [5.74, 6) is -0.0944. The van der Waals surface area contributed by atoms with Crippen LogP contribution in [0.4, 0.5) is 0 Å². The molecular formula is C41H59NO3. The smallest absolute Gasteiger partial charge is 0.160 e. The van der Waals surface area contributed by atoms with Gasteiger partial charge in [-0.15, -0.1) is 6.58 Å². The number of rotatable bonds is 11. The zero-order chi connectivity index (χ0) is 34.9. The van der Waals surface area contributed by atoms with E-state index in [1.165, 1.54) is 30.0 Å². The summed E-state index contributed by atoms with van der Waals surface area (Å²) >= 11 is 0. The molecule has 45 heavy (non-hydrogen) atoms. The van der Waals surface area contributed by atoms with E-state index >= 15 is 0 Å². The van der Waals surface area contributed by atoms with E-state index in [9.17, 15) is 9.90 Å². The van der Waals surface area contributed by atoms with Crippen LogP contribution in [-0.4, -0.2) is 23.7 Å². The minimum atomic E-state index is -0.126. The highest BCUT2D eigenvalue weighted by Gasteiger charge is 2.14. The third-order valence-corrected chi connectivity index (χ3v) is 5.81. The van der Waals surface area contributed by atoms with Crippen molar-refractivity contribution in [3.05, 3.63) is 126 Å². The average molecular weight is 614 g/mol. The summed E-state index contributed by atoms with van der Waals surface area (Å²) in [7, 11) is 0. The topological polar surface area (TPSA) is 58.9 Å². The van der Waals surface area contributed by atoms with Gasteiger partial charge in [-0.25, -0.2) is 0 Å². The molecule has 1 unspecified atom stereocenters. The van der Waals surface area contributed by atoms with Crippen LogP contribution in [0.25, 0.3) is 11.1 Å². The first-order valence-corrected chi connectivity index (χ1v) is 15.7. The predicted molar refractivity (Wildman–Crippen MR) is 200 cm³/mol. The SMILES string of the molecule is C=C(C)C.C=C/C(=C\N=CC)c1ccc(/C(=C/C(=C/C)C(=C)C)C(C)=O)c(O)c1.CCC.CCCOC(C)c1ccc(C)cc1. The first-order chi connectivity index (χ1) is 21.2. The zero-order valence-electron chi connectivity index (χ0n) is 30.0. The molecule has 0 saturated carbocycles. The molecule has 246 valence electrons. The number of aryl methyl sites for hydroxylation is 1. The number of ether oxygens (including phenoxy) is 1. The predicted octanol–water partition coefficient (Wildman–Crippen LogP) is 12.0. The number of nitrogens with zero attached hydrogens (tertiary/aromatic N) is 1. The van der Waals surface area contributed by atoms with E-state index < -0.39 is 0 Å². The summed E-state index contributed by atoms with van der Waals surface area (Å²) in [5, 5.41) is 10.5. The standard InChI is InChI=1S/C22H25NO2.C12H18O.C4H8.C3H8/c1-7-17(15(4)5)12-21(16(6)24)20-11-10-19(13-22(20)25)18(8-2)14-23-9-3;1-4-9-13-11(3)12-7-5-10(2)6-8-12;1-4(2)3;1-3-2/h7-14,25H,2,4H2,1,3,5-6H3;5-8,11H,4,9H2,1-3H3;1H2,2-3H3;3H2,1-2H3/b17-7-,18-14+,21-12+,23-9?;;;. The number of aromatic hydroxyl groups is 1. The van der Waals surface area contributed by atoms with Crippen molar-refractivity contribution in [3.8, 4) is 5.75 Å². The van der Waals surface area contributed by atoms with Crippen molar-refractivity contribution in [1.29, 1.82) is 0 Å². The van der Waals surface area contributed by atoms with Crippen LogP contribution < -0.4 is 0 Å². The number of carbonyl (C=O) groups excluding carboxylic acids is 1. The van der Waals surface area contributed by atoms with Crippen LogP contribution in [0.3, 0.4) is 0 Å². The summed E-state index contributed by atoms with van der Waals surface area (Å²) < 4.78 is 5.62. The van der Waals surface area contributed by atoms with Gasteiger partial charge in [0.1, 0.15) is 5.75 Å². The van der Waals surface area contributed by atoms with Gasteiger partial charge in [0.2, 0.25) is 0 Å². The van der Waals surface area contributed by atoms with Crippen molar-refractivity contribution >= 4 is 23.1 Å². The number of allylic oxidation sites excluding steroid dienone is 8. The lowest BCUT2D eigenvalue weighted by atomic mass is 9.94. The molecule has 1 atom stereocenters. The number of phenolic OH excluding ortho intramolecular Hbond substituents is 1. The fourth-order valence-corrected chi connectivity index (χ4v) is 3.54. The Labute approximate surface area is 275 Å². The molecule has 0 aliphatic rings. The molecule has 0 saturated heterocycles. The van der Waals surface area contributed by atoms with E-state index in [-0.39, 0.29) is 17.6 Å². The van der Waals surface area contributed by atoms with Gasteiger partial charge in [0, 0.05) is 30.2 Å². The second kappa shape index (κ2) is 25.3. The van der Waals surface area contributed by atoms with Gasteiger partial charge in [-0.2, -0.15) is 0 Å². The number of hydrogen-bond acceptors (Lipinski definition) is 4. The highest BCUT2D eigenvalue weighted by molar-refractivity contribution is 6.21. The highest BCUT2D eigenvalue weighted by Crippen LogP contribution is 2.31. The Bertz CT molecular complexity index is 1320. The molecule has 0 aromatic heterocycles. The Hall–Kier alpha value is -4.02. The van der Waals surface area contributed by atoms with Crippen molar-refractivity contribution in [2.45, 2.75) is 95.1 Å². The quantitative estimate of drug-likeness (QED) is 0.119. The van der Waals surface area contributed by atoms with Crippen LogP contribution >= 0.6 is 0 Å². The maximum absolute atomic E-state index is 12.1. The van der Waals surface area contributed by atoms with Crippen LogP contribution in [0.15, 0.2) is 108 Å². The summed E-state index contributed by atoms with van der Waals surface area (Å²) in [5.41, 5.74) is 7.92. The van der Waals surface area contributed by atoms with E-state index in [2.05, 4.69) is 83.6 Å². The van der Waals surface area contributed by atoms with Crippen molar-refractivity contribution in [2.75, 3.05) is 6.61 Å². The van der Waals surface area contributed by atoms with Gasteiger partial charge in [0.05, 0.1) is 6.10 Å². The molecule has 0 amide bonds. The van der Waals surface area contributed by atoms with Crippen molar-refractivity contribution in [3.63, 3.8) is 0 Å². The lowest BCUT2D eigenvalue weighted by Gasteiger charge is -2.12. The molecule has 0 bridgehead atoms. The summed E-state index contributed by atoms with van der Waals surface area (Å²) in [6.07, 6.45) is 11.2. The van der Waals surface area contributed by atoms with E-state index in [4.69, 9.17) is 4.74 Å². The first kappa shape index (κ1) is 43.1. The fourth-order valence-electron chi connectivity index (χ4n) is 3.54. The maximum atomic E-state index is 12.1. The molecule has 0 aliphatic heterocycles. The molecule has 0 aliphatic carbocycles. The Kier molecular flexibility index (Phi) is 24.3. The van der Waals surface area contributed by atoms with Crippen molar-refractivity contribution < 1.29 is 14.6 Å². The Balaban J connectivity index is 0. The third-order valence-electron chi connectivity index (χ3n) is 5.81. The van der Waals surface area contributed by atoms with Gasteiger partial charge in [0.15, 0.2) is 5.78 Å². The Morgan fingerprint density at radius 3 is 1.96 bits per heavy atom. The number of ketones is 1. The van der Waals surface area contributed by atoms with E-state index in [0.717, 1.165) is 35.3 Å². The zero-order valence-corrected chi connectivity index (χ0v) is 30.0. The molecule has 4 heteroatoms. The van der Waals surface area contributed by atoms with Crippen LogP contribution in [0, 0.1) is 6.92 Å². The monoisotopic (exact) mass is 613 g/mol. The molecule has 0 fully saturated rings. The second-order valence-electron chi connectivity index (χ2n) is 10.9. The molecule has 0 radical (unpaired) electrons. The minimum Gasteiger partial charge on any atom is -0.507 e. The maximum Gasteiger partial charge on any atom is 0.160 e. The lowest BCUT2D eigenvalue weighted by molar-refractivity contribution is -0.111. The number of aliphatic imine (C=N–C) groups is 1. The molecular weight excluding hydrogens is 554 g/mol. The summed E-state index contributed by atoms with van der Waals surface area (Å²) in [6.45, 7) is 33.7. The fraction of sp³-hybridized carbons (Fsp3) is 0.366. The molecule has 2 aromatic rings. The molecule has 4 nitrogen and oxygen atoms in total. The number of phenols is 1. The van der Waals surface area contributed by atoms with Gasteiger partial charge in [0.25, 0.3) is 0 Å². The molecule has 0 heterocycles. The van der Waals surface area contributed by atoms with Crippen molar-refractivity contribution in [1.82, 2.24) is 0 Å². The van der Waals surface area contributed by atoms with Crippen LogP contribution in [0.2, 0.25) is 0 Å². The van der Waals surface area contributed by atoms with E-state index in [1.54, 1.807) is 36.7 Å².